The molecule has 0 atom stereocenters. The van der Waals surface area contributed by atoms with Crippen LogP contribution < -0.4 is 4.74 Å². The number of rotatable bonds is 3. The van der Waals surface area contributed by atoms with Crippen molar-refractivity contribution in [2.45, 2.75) is 31.1 Å². The van der Waals surface area contributed by atoms with Crippen molar-refractivity contribution >= 4 is 0 Å². The van der Waals surface area contributed by atoms with Crippen LogP contribution in [0.1, 0.15) is 36.4 Å². The summed E-state index contributed by atoms with van der Waals surface area (Å²) in [6.45, 7) is 0. The summed E-state index contributed by atoms with van der Waals surface area (Å²) in [5, 5.41) is 0. The fraction of sp³-hybridized carbons (Fsp3) is 0.545. The van der Waals surface area contributed by atoms with E-state index in [9.17, 15) is 17.6 Å². The Morgan fingerprint density at radius 1 is 1.41 bits per heavy atom. The molecule has 0 N–H and O–H groups in total. The topological polar surface area (TPSA) is 22.1 Å². The molecule has 0 unspecified atom stereocenters. The molecule has 0 bridgehead atoms. The summed E-state index contributed by atoms with van der Waals surface area (Å²) in [7, 11) is 1.32. The van der Waals surface area contributed by atoms with Crippen molar-refractivity contribution in [3.63, 3.8) is 0 Å². The molecule has 1 saturated carbocycles. The van der Waals surface area contributed by atoms with Gasteiger partial charge in [-0.05, 0) is 6.07 Å². The van der Waals surface area contributed by atoms with Gasteiger partial charge in [0, 0.05) is 30.5 Å². The van der Waals surface area contributed by atoms with Gasteiger partial charge in [-0.3, -0.25) is 4.98 Å². The SMILES string of the molecule is COc1ccnc(C(F)F)c1C1CC(F)(F)C1. The predicted molar refractivity (Wildman–Crippen MR) is 52.7 cm³/mol. The second-order valence-electron chi connectivity index (χ2n) is 4.07. The molecule has 1 aliphatic rings. The van der Waals surface area contributed by atoms with Crippen LogP contribution in [0.4, 0.5) is 17.6 Å². The lowest BCUT2D eigenvalue weighted by Crippen LogP contribution is -2.34. The Labute approximate surface area is 95.6 Å². The molecule has 0 aromatic carbocycles. The standard InChI is InChI=1S/C11H11F4NO/c1-17-7-2-3-16-9(10(12)13)8(7)6-4-11(14,15)5-6/h2-3,6,10H,4-5H2,1H3. The van der Waals surface area contributed by atoms with Gasteiger partial charge in [0.15, 0.2) is 0 Å². The predicted octanol–water partition coefficient (Wildman–Crippen LogP) is 3.54. The molecule has 1 aromatic rings. The Kier molecular flexibility index (Phi) is 2.97. The zero-order valence-corrected chi connectivity index (χ0v) is 9.09. The first-order valence-corrected chi connectivity index (χ1v) is 5.13. The maximum absolute atomic E-state index is 12.8. The maximum atomic E-state index is 12.8. The van der Waals surface area contributed by atoms with Gasteiger partial charge in [-0.25, -0.2) is 17.6 Å². The number of nitrogens with zero attached hydrogens (tertiary/aromatic N) is 1. The lowest BCUT2D eigenvalue weighted by atomic mass is 9.75. The molecule has 1 heterocycles. The van der Waals surface area contributed by atoms with E-state index in [2.05, 4.69) is 4.98 Å². The van der Waals surface area contributed by atoms with Crippen LogP contribution in [0, 0.1) is 0 Å². The van der Waals surface area contributed by atoms with Crippen molar-refractivity contribution in [1.29, 1.82) is 0 Å². The number of hydrogen-bond donors (Lipinski definition) is 0. The van der Waals surface area contributed by atoms with E-state index in [4.69, 9.17) is 4.74 Å². The average Bonchev–Trinajstić information content (AvgIpc) is 2.24. The average molecular weight is 249 g/mol. The number of halogens is 4. The molecule has 0 aliphatic heterocycles. The third kappa shape index (κ3) is 2.21. The molecule has 0 amide bonds. The van der Waals surface area contributed by atoms with E-state index >= 15 is 0 Å². The molecular weight excluding hydrogens is 238 g/mol. The van der Waals surface area contributed by atoms with E-state index < -0.39 is 36.8 Å². The van der Waals surface area contributed by atoms with E-state index in [1.807, 2.05) is 0 Å². The molecular formula is C11H11F4NO. The third-order valence-electron chi connectivity index (χ3n) is 2.91. The number of pyridine rings is 1. The summed E-state index contributed by atoms with van der Waals surface area (Å²) in [4.78, 5) is 3.56. The van der Waals surface area contributed by atoms with Crippen LogP contribution in [0.3, 0.4) is 0 Å². The summed E-state index contributed by atoms with van der Waals surface area (Å²) in [5.74, 6) is -3.15. The van der Waals surface area contributed by atoms with Gasteiger partial charge in [0.25, 0.3) is 6.43 Å². The fourth-order valence-corrected chi connectivity index (χ4v) is 2.10. The zero-order valence-electron chi connectivity index (χ0n) is 9.09. The largest absolute Gasteiger partial charge is 0.496 e. The van der Waals surface area contributed by atoms with Gasteiger partial charge in [0.05, 0.1) is 7.11 Å². The molecule has 0 saturated heterocycles. The maximum Gasteiger partial charge on any atom is 0.280 e. The minimum atomic E-state index is -2.78. The van der Waals surface area contributed by atoms with Gasteiger partial charge in [-0.1, -0.05) is 0 Å². The van der Waals surface area contributed by atoms with E-state index in [0.717, 1.165) is 0 Å². The normalized spacial score (nSPS) is 19.2. The summed E-state index contributed by atoms with van der Waals surface area (Å²) in [6.07, 6.45) is -2.43. The highest BCUT2D eigenvalue weighted by molar-refractivity contribution is 5.41. The summed E-state index contributed by atoms with van der Waals surface area (Å²) < 4.78 is 56.0. The van der Waals surface area contributed by atoms with Gasteiger partial charge in [0.2, 0.25) is 5.92 Å². The smallest absolute Gasteiger partial charge is 0.280 e. The van der Waals surface area contributed by atoms with Crippen molar-refractivity contribution in [2.24, 2.45) is 0 Å². The van der Waals surface area contributed by atoms with Gasteiger partial charge < -0.3 is 4.74 Å². The number of aromatic nitrogens is 1. The number of alkyl halides is 4. The minimum Gasteiger partial charge on any atom is -0.496 e. The summed E-state index contributed by atoms with van der Waals surface area (Å²) in [6, 6.07) is 1.41. The molecule has 1 fully saturated rings. The lowest BCUT2D eigenvalue weighted by Gasteiger charge is -2.36. The summed E-state index contributed by atoms with van der Waals surface area (Å²) >= 11 is 0. The van der Waals surface area contributed by atoms with Crippen LogP contribution in [0.2, 0.25) is 0 Å². The molecule has 94 valence electrons. The highest BCUT2D eigenvalue weighted by Gasteiger charge is 2.48. The first-order chi connectivity index (χ1) is 7.94. The van der Waals surface area contributed by atoms with E-state index in [0.29, 0.717) is 0 Å². The van der Waals surface area contributed by atoms with E-state index in [-0.39, 0.29) is 11.3 Å². The molecule has 0 spiro atoms. The molecule has 0 radical (unpaired) electrons. The summed E-state index contributed by atoms with van der Waals surface area (Å²) in [5.41, 5.74) is -0.333. The van der Waals surface area contributed by atoms with Crippen molar-refractivity contribution in [3.05, 3.63) is 23.5 Å². The van der Waals surface area contributed by atoms with Crippen molar-refractivity contribution in [2.75, 3.05) is 7.11 Å². The molecule has 2 rings (SSSR count). The Bertz CT molecular complexity index is 414. The van der Waals surface area contributed by atoms with Crippen LogP contribution in [-0.2, 0) is 0 Å². The monoisotopic (exact) mass is 249 g/mol. The van der Waals surface area contributed by atoms with Crippen LogP contribution in [0.5, 0.6) is 5.75 Å². The quantitative estimate of drug-likeness (QED) is 0.764. The molecule has 1 aromatic heterocycles. The van der Waals surface area contributed by atoms with Gasteiger partial charge >= 0.3 is 0 Å². The lowest BCUT2D eigenvalue weighted by molar-refractivity contribution is -0.0877. The first kappa shape index (κ1) is 12.1. The Hall–Kier alpha value is -1.33. The molecule has 2 nitrogen and oxygen atoms in total. The number of methoxy groups -OCH3 is 1. The second kappa shape index (κ2) is 4.16. The van der Waals surface area contributed by atoms with Crippen molar-refractivity contribution in [3.8, 4) is 5.75 Å². The minimum absolute atomic E-state index is 0.121. The van der Waals surface area contributed by atoms with Crippen molar-refractivity contribution in [1.82, 2.24) is 4.98 Å². The molecule has 1 aliphatic carbocycles. The van der Waals surface area contributed by atoms with Crippen LogP contribution in [0.25, 0.3) is 0 Å². The highest BCUT2D eigenvalue weighted by atomic mass is 19.3. The van der Waals surface area contributed by atoms with E-state index in [1.165, 1.54) is 19.4 Å². The van der Waals surface area contributed by atoms with Gasteiger partial charge in [-0.15, -0.1) is 0 Å². The van der Waals surface area contributed by atoms with Crippen LogP contribution >= 0.6 is 0 Å². The van der Waals surface area contributed by atoms with Crippen molar-refractivity contribution < 1.29 is 22.3 Å². The van der Waals surface area contributed by atoms with Gasteiger partial charge in [0.1, 0.15) is 11.4 Å². The molecule has 17 heavy (non-hydrogen) atoms. The second-order valence-corrected chi connectivity index (χ2v) is 4.07. The molecule has 6 heteroatoms. The Morgan fingerprint density at radius 3 is 2.53 bits per heavy atom. The first-order valence-electron chi connectivity index (χ1n) is 5.13. The fourth-order valence-electron chi connectivity index (χ4n) is 2.10. The Morgan fingerprint density at radius 2 is 2.06 bits per heavy atom. The van der Waals surface area contributed by atoms with Gasteiger partial charge in [-0.2, -0.15) is 0 Å². The van der Waals surface area contributed by atoms with Crippen LogP contribution in [-0.4, -0.2) is 18.0 Å². The Balaban J connectivity index is 2.37. The zero-order chi connectivity index (χ0) is 12.6. The number of ether oxygens (including phenoxy) is 1. The number of hydrogen-bond acceptors (Lipinski definition) is 2. The highest BCUT2D eigenvalue weighted by Crippen LogP contribution is 2.52. The third-order valence-corrected chi connectivity index (χ3v) is 2.91. The van der Waals surface area contributed by atoms with Crippen LogP contribution in [0.15, 0.2) is 12.3 Å². The van der Waals surface area contributed by atoms with E-state index in [1.54, 1.807) is 0 Å².